The van der Waals surface area contributed by atoms with Crippen LogP contribution in [0.4, 0.5) is 0 Å². The molecule has 0 aliphatic rings. The number of hydrogen-bond donors (Lipinski definition) is 1. The van der Waals surface area contributed by atoms with Crippen LogP contribution in [-0.2, 0) is 0 Å². The monoisotopic (exact) mass is 314 g/mol. The first-order valence-electron chi connectivity index (χ1n) is 7.43. The molecule has 4 nitrogen and oxygen atoms in total. The molecule has 0 saturated heterocycles. The van der Waals surface area contributed by atoms with Crippen molar-refractivity contribution >= 4 is 17.2 Å². The summed E-state index contributed by atoms with van der Waals surface area (Å²) in [5.74, 6) is 0.826. The molecule has 0 fully saturated rings. The van der Waals surface area contributed by atoms with Gasteiger partial charge in [-0.1, -0.05) is 19.4 Å². The van der Waals surface area contributed by atoms with E-state index in [2.05, 4.69) is 46.3 Å². The van der Waals surface area contributed by atoms with Crippen molar-refractivity contribution in [3.63, 3.8) is 0 Å². The third-order valence-electron chi connectivity index (χ3n) is 3.23. The van der Waals surface area contributed by atoms with E-state index in [1.807, 2.05) is 25.5 Å². The minimum absolute atomic E-state index is 0.826. The standard InChI is InChI=1S/C17H22N4S/c1-5-6-7-8-19-16(18-4)15-9-14(11-20-13(15)3)17-21-10-12(2)22-17/h7-11H,5-6H2,1-4H3,(H,18,19)/b8-7+. The molecule has 0 spiro atoms. The van der Waals surface area contributed by atoms with Crippen LogP contribution in [0.1, 0.15) is 35.9 Å². The van der Waals surface area contributed by atoms with Gasteiger partial charge in [-0.15, -0.1) is 11.3 Å². The largest absolute Gasteiger partial charge is 0.347 e. The lowest BCUT2D eigenvalue weighted by Crippen LogP contribution is -2.20. The number of thiazole rings is 1. The van der Waals surface area contributed by atoms with Crippen LogP contribution in [0.3, 0.4) is 0 Å². The molecule has 1 N–H and O–H groups in total. The Morgan fingerprint density at radius 2 is 2.14 bits per heavy atom. The van der Waals surface area contributed by atoms with Crippen LogP contribution in [0.25, 0.3) is 10.6 Å². The number of aliphatic imine (C=N–C) groups is 1. The van der Waals surface area contributed by atoms with E-state index < -0.39 is 0 Å². The van der Waals surface area contributed by atoms with Gasteiger partial charge in [0, 0.05) is 41.1 Å². The van der Waals surface area contributed by atoms with E-state index in [9.17, 15) is 0 Å². The normalized spacial score (nSPS) is 12.1. The van der Waals surface area contributed by atoms with Crippen molar-refractivity contribution in [2.75, 3.05) is 7.05 Å². The van der Waals surface area contributed by atoms with Gasteiger partial charge in [-0.2, -0.15) is 0 Å². The topological polar surface area (TPSA) is 50.2 Å². The molecule has 0 saturated carbocycles. The summed E-state index contributed by atoms with van der Waals surface area (Å²) in [4.78, 5) is 14.5. The SMILES string of the molecule is CCC/C=C/NC(=NC)c1cc(-c2ncc(C)s2)cnc1C. The fourth-order valence-electron chi connectivity index (χ4n) is 2.03. The Balaban J connectivity index is 2.29. The molecule has 0 amide bonds. The quantitative estimate of drug-likeness (QED) is 0.667. The number of aryl methyl sites for hydroxylation is 2. The molecule has 5 heteroatoms. The third kappa shape index (κ3) is 4.01. The first kappa shape index (κ1) is 16.4. The summed E-state index contributed by atoms with van der Waals surface area (Å²) >= 11 is 1.67. The van der Waals surface area contributed by atoms with Gasteiger partial charge in [0.2, 0.25) is 0 Å². The van der Waals surface area contributed by atoms with E-state index in [1.54, 1.807) is 18.4 Å². The molecule has 2 heterocycles. The van der Waals surface area contributed by atoms with Gasteiger partial charge in [-0.3, -0.25) is 9.98 Å². The van der Waals surface area contributed by atoms with Gasteiger partial charge < -0.3 is 5.32 Å². The van der Waals surface area contributed by atoms with Gasteiger partial charge >= 0.3 is 0 Å². The minimum Gasteiger partial charge on any atom is -0.347 e. The molecule has 0 aliphatic heterocycles. The van der Waals surface area contributed by atoms with Crippen molar-refractivity contribution < 1.29 is 0 Å². The zero-order valence-corrected chi connectivity index (χ0v) is 14.4. The van der Waals surface area contributed by atoms with E-state index in [-0.39, 0.29) is 0 Å². The Morgan fingerprint density at radius 1 is 1.32 bits per heavy atom. The zero-order chi connectivity index (χ0) is 15.9. The highest BCUT2D eigenvalue weighted by Crippen LogP contribution is 2.25. The number of amidine groups is 1. The maximum Gasteiger partial charge on any atom is 0.133 e. The summed E-state index contributed by atoms with van der Waals surface area (Å²) in [6.45, 7) is 6.21. The molecule has 2 aromatic heterocycles. The number of aromatic nitrogens is 2. The van der Waals surface area contributed by atoms with Crippen molar-refractivity contribution in [1.29, 1.82) is 0 Å². The molecule has 22 heavy (non-hydrogen) atoms. The van der Waals surface area contributed by atoms with Crippen molar-refractivity contribution in [1.82, 2.24) is 15.3 Å². The Morgan fingerprint density at radius 3 is 2.77 bits per heavy atom. The first-order chi connectivity index (χ1) is 10.7. The number of hydrogen-bond acceptors (Lipinski definition) is 4. The average Bonchev–Trinajstić information content (AvgIpc) is 2.95. The van der Waals surface area contributed by atoms with E-state index in [4.69, 9.17) is 0 Å². The summed E-state index contributed by atoms with van der Waals surface area (Å²) < 4.78 is 0. The van der Waals surface area contributed by atoms with Crippen LogP contribution in [0.15, 0.2) is 35.7 Å². The summed E-state index contributed by atoms with van der Waals surface area (Å²) in [6, 6.07) is 2.10. The molecule has 116 valence electrons. The highest BCUT2D eigenvalue weighted by atomic mass is 32.1. The fraction of sp³-hybridized carbons (Fsp3) is 0.353. The Labute approximate surface area is 136 Å². The van der Waals surface area contributed by atoms with E-state index in [1.165, 1.54) is 4.88 Å². The summed E-state index contributed by atoms with van der Waals surface area (Å²) in [5.41, 5.74) is 2.99. The molecule has 2 rings (SSSR count). The van der Waals surface area contributed by atoms with Crippen molar-refractivity contribution in [3.8, 4) is 10.6 Å². The number of rotatable bonds is 5. The summed E-state index contributed by atoms with van der Waals surface area (Å²) in [6.07, 6.45) is 10.0. The lowest BCUT2D eigenvalue weighted by Gasteiger charge is -2.10. The van der Waals surface area contributed by atoms with Gasteiger partial charge in [0.25, 0.3) is 0 Å². The van der Waals surface area contributed by atoms with Gasteiger partial charge in [0.05, 0.1) is 0 Å². The number of unbranched alkanes of at least 4 members (excludes halogenated alkanes) is 1. The second kappa shape index (κ2) is 7.84. The van der Waals surface area contributed by atoms with Crippen molar-refractivity contribution in [2.24, 2.45) is 4.99 Å². The number of nitrogens with one attached hydrogen (secondary N) is 1. The second-order valence-corrected chi connectivity index (χ2v) is 6.28. The van der Waals surface area contributed by atoms with Gasteiger partial charge in [0.15, 0.2) is 0 Å². The third-order valence-corrected chi connectivity index (χ3v) is 4.19. The maximum absolute atomic E-state index is 4.50. The van der Waals surface area contributed by atoms with Gasteiger partial charge in [-0.25, -0.2) is 4.98 Å². The van der Waals surface area contributed by atoms with Crippen LogP contribution in [0, 0.1) is 13.8 Å². The average molecular weight is 314 g/mol. The molecular formula is C17H22N4S. The van der Waals surface area contributed by atoms with Crippen LogP contribution in [0.2, 0.25) is 0 Å². The van der Waals surface area contributed by atoms with E-state index in [0.717, 1.165) is 40.5 Å². The molecule has 0 unspecified atom stereocenters. The molecule has 0 aliphatic carbocycles. The second-order valence-electron chi connectivity index (χ2n) is 5.04. The van der Waals surface area contributed by atoms with E-state index >= 15 is 0 Å². The van der Waals surface area contributed by atoms with Crippen LogP contribution < -0.4 is 5.32 Å². The summed E-state index contributed by atoms with van der Waals surface area (Å²) in [7, 11) is 1.79. The summed E-state index contributed by atoms with van der Waals surface area (Å²) in [5, 5.41) is 4.25. The first-order valence-corrected chi connectivity index (χ1v) is 8.25. The van der Waals surface area contributed by atoms with Crippen molar-refractivity contribution in [3.05, 3.63) is 46.9 Å². The Kier molecular flexibility index (Phi) is 5.83. The predicted octanol–water partition coefficient (Wildman–Crippen LogP) is 4.10. The lowest BCUT2D eigenvalue weighted by molar-refractivity contribution is 0.951. The fourth-order valence-corrected chi connectivity index (χ4v) is 2.77. The van der Waals surface area contributed by atoms with E-state index in [0.29, 0.717) is 0 Å². The molecular weight excluding hydrogens is 292 g/mol. The van der Waals surface area contributed by atoms with Gasteiger partial charge in [-0.05, 0) is 32.5 Å². The minimum atomic E-state index is 0.826. The number of pyridine rings is 1. The Bertz CT molecular complexity index is 686. The lowest BCUT2D eigenvalue weighted by atomic mass is 10.1. The highest BCUT2D eigenvalue weighted by molar-refractivity contribution is 7.14. The molecule has 0 radical (unpaired) electrons. The highest BCUT2D eigenvalue weighted by Gasteiger charge is 2.10. The van der Waals surface area contributed by atoms with Crippen LogP contribution in [0.5, 0.6) is 0 Å². The maximum atomic E-state index is 4.50. The Hall–Kier alpha value is -2.01. The smallest absolute Gasteiger partial charge is 0.133 e. The van der Waals surface area contributed by atoms with Crippen molar-refractivity contribution in [2.45, 2.75) is 33.6 Å². The number of allylic oxidation sites excluding steroid dienone is 1. The molecule has 0 bridgehead atoms. The number of nitrogens with zero attached hydrogens (tertiary/aromatic N) is 3. The molecule has 2 aromatic rings. The molecule has 0 aromatic carbocycles. The predicted molar refractivity (Wildman–Crippen MR) is 94.5 cm³/mol. The molecule has 0 atom stereocenters. The zero-order valence-electron chi connectivity index (χ0n) is 13.6. The van der Waals surface area contributed by atoms with Crippen LogP contribution in [-0.4, -0.2) is 22.9 Å². The van der Waals surface area contributed by atoms with Gasteiger partial charge in [0.1, 0.15) is 10.8 Å². The van der Waals surface area contributed by atoms with Crippen LogP contribution >= 0.6 is 11.3 Å².